The molecule has 0 amide bonds. The predicted octanol–water partition coefficient (Wildman–Crippen LogP) is 3.28. The molecule has 3 fully saturated rings. The number of aromatic hydroxyl groups is 1. The summed E-state index contributed by atoms with van der Waals surface area (Å²) < 4.78 is 66.0. The molecule has 7 nitrogen and oxygen atoms in total. The van der Waals surface area contributed by atoms with Crippen LogP contribution < -0.4 is 4.74 Å². The number of hydrogen-bond acceptors (Lipinski definition) is 6. The highest BCUT2D eigenvalue weighted by molar-refractivity contribution is 5.68. The summed E-state index contributed by atoms with van der Waals surface area (Å²) >= 11 is 0. The molecule has 2 bridgehead atoms. The van der Waals surface area contributed by atoms with Crippen molar-refractivity contribution in [2.24, 2.45) is 0 Å². The molecule has 2 aliphatic heterocycles. The fraction of sp³-hybridized carbons (Fsp3) is 0.435. The first-order valence-corrected chi connectivity index (χ1v) is 10.9. The third-order valence-electron chi connectivity index (χ3n) is 7.36. The average Bonchev–Trinajstić information content (AvgIpc) is 3.09. The van der Waals surface area contributed by atoms with E-state index in [0.29, 0.717) is 16.9 Å². The molecule has 3 aromatic rings. The monoisotopic (exact) mass is 475 g/mol. The lowest BCUT2D eigenvalue weighted by Gasteiger charge is -2.41. The summed E-state index contributed by atoms with van der Waals surface area (Å²) in [5.74, 6) is -0.0689. The molecule has 2 aromatic heterocycles. The van der Waals surface area contributed by atoms with Gasteiger partial charge < -0.3 is 9.84 Å². The van der Waals surface area contributed by atoms with E-state index < -0.39 is 41.9 Å². The van der Waals surface area contributed by atoms with Crippen molar-refractivity contribution in [3.63, 3.8) is 0 Å². The van der Waals surface area contributed by atoms with Crippen LogP contribution in [0.2, 0.25) is 0 Å². The fourth-order valence-corrected chi connectivity index (χ4v) is 5.57. The Morgan fingerprint density at radius 1 is 1.09 bits per heavy atom. The van der Waals surface area contributed by atoms with E-state index in [4.69, 9.17) is 4.74 Å². The number of benzene rings is 1. The maximum absolute atomic E-state index is 15.1. The van der Waals surface area contributed by atoms with Crippen molar-refractivity contribution >= 4 is 0 Å². The van der Waals surface area contributed by atoms with Gasteiger partial charge >= 0.3 is 0 Å². The Kier molecular flexibility index (Phi) is 4.33. The molecule has 0 radical (unpaired) electrons. The van der Waals surface area contributed by atoms with E-state index in [-0.39, 0.29) is 18.1 Å². The molecule has 1 aromatic carbocycles. The normalized spacial score (nSPS) is 36.4. The van der Waals surface area contributed by atoms with Crippen molar-refractivity contribution < 1.29 is 27.4 Å². The van der Waals surface area contributed by atoms with Gasteiger partial charge in [-0.3, -0.25) is 4.90 Å². The number of phenolic OH excluding ortho intramolecular Hbond substituents is 1. The fourth-order valence-electron chi connectivity index (χ4n) is 5.57. The van der Waals surface area contributed by atoms with Crippen LogP contribution in [0.3, 0.4) is 0 Å². The van der Waals surface area contributed by atoms with Gasteiger partial charge in [-0.05, 0) is 38.2 Å². The van der Waals surface area contributed by atoms with Gasteiger partial charge in [-0.2, -0.15) is 5.10 Å². The second-order valence-corrected chi connectivity index (χ2v) is 9.22. The molecular weight excluding hydrogens is 454 g/mol. The number of fused-ring (bicyclic) bond motifs is 5. The van der Waals surface area contributed by atoms with Crippen molar-refractivity contribution in [1.29, 1.82) is 0 Å². The molecular formula is C23H21F4N5O2. The minimum absolute atomic E-state index is 0.0326. The number of alkyl halides is 4. The van der Waals surface area contributed by atoms with Crippen molar-refractivity contribution in [1.82, 2.24) is 24.9 Å². The van der Waals surface area contributed by atoms with E-state index in [0.717, 1.165) is 5.69 Å². The second kappa shape index (κ2) is 6.91. The second-order valence-electron chi connectivity index (χ2n) is 9.22. The summed E-state index contributed by atoms with van der Waals surface area (Å²) in [5, 5.41) is 22.7. The largest absolute Gasteiger partial charge is 0.507 e. The summed E-state index contributed by atoms with van der Waals surface area (Å²) in [4.78, 5) is 1.24. The van der Waals surface area contributed by atoms with E-state index >= 15 is 4.39 Å². The summed E-state index contributed by atoms with van der Waals surface area (Å²) in [6.07, 6.45) is -3.88. The Labute approximate surface area is 192 Å². The van der Waals surface area contributed by atoms with Gasteiger partial charge in [0.25, 0.3) is 0 Å². The first kappa shape index (κ1) is 21.3. The van der Waals surface area contributed by atoms with Crippen LogP contribution in [0, 0.1) is 6.92 Å². The van der Waals surface area contributed by atoms with Crippen molar-refractivity contribution in [3.8, 4) is 28.6 Å². The quantitative estimate of drug-likeness (QED) is 0.584. The topological polar surface area (TPSA) is 76.3 Å². The number of aromatic nitrogens is 4. The number of nitrogens with zero attached hydrogens (tertiary/aromatic N) is 5. The summed E-state index contributed by atoms with van der Waals surface area (Å²) in [6.45, 7) is 1.86. The molecule has 0 spiro atoms. The molecule has 3 aliphatic rings. The standard InChI is InChI=1S/C23H21F4N5O2/c1-11-7-8-32(30-11)12-3-4-13(15(33)9-12)14-5-6-18(29-28-14)34-16-10-17-22(26)21(25)23(22,27)20(19(16)24)31(17)2/h3-9,16-17,19-21,33H,10H2,1-2H3. The first-order chi connectivity index (χ1) is 16.2. The van der Waals surface area contributed by atoms with Gasteiger partial charge in [-0.15, -0.1) is 10.2 Å². The first-order valence-electron chi connectivity index (χ1n) is 10.9. The predicted molar refractivity (Wildman–Crippen MR) is 113 cm³/mol. The van der Waals surface area contributed by atoms with Crippen LogP contribution in [-0.4, -0.2) is 78.9 Å². The molecule has 34 heavy (non-hydrogen) atoms. The van der Waals surface area contributed by atoms with Crippen molar-refractivity contribution in [2.45, 2.75) is 55.2 Å². The van der Waals surface area contributed by atoms with Crippen molar-refractivity contribution in [2.75, 3.05) is 7.05 Å². The van der Waals surface area contributed by atoms with E-state index in [1.165, 1.54) is 24.1 Å². The van der Waals surface area contributed by atoms with E-state index in [2.05, 4.69) is 15.3 Å². The number of halogens is 4. The van der Waals surface area contributed by atoms with E-state index in [1.807, 2.05) is 13.0 Å². The Bertz CT molecular complexity index is 1270. The van der Waals surface area contributed by atoms with E-state index in [1.54, 1.807) is 29.1 Å². The highest BCUT2D eigenvalue weighted by Crippen LogP contribution is 2.70. The zero-order valence-corrected chi connectivity index (χ0v) is 18.2. The number of rotatable bonds is 4. The van der Waals surface area contributed by atoms with Gasteiger partial charge in [0.1, 0.15) is 11.9 Å². The van der Waals surface area contributed by atoms with Crippen LogP contribution in [0.25, 0.3) is 16.9 Å². The molecule has 4 heterocycles. The molecule has 7 unspecified atom stereocenters. The third kappa shape index (κ3) is 2.64. The Morgan fingerprint density at radius 2 is 1.88 bits per heavy atom. The molecule has 1 aliphatic carbocycles. The van der Waals surface area contributed by atoms with Crippen LogP contribution in [0.1, 0.15) is 12.1 Å². The number of ether oxygens (including phenoxy) is 1. The molecule has 1 N–H and O–H groups in total. The molecule has 7 atom stereocenters. The van der Waals surface area contributed by atoms with Crippen LogP contribution in [-0.2, 0) is 0 Å². The Hall–Kier alpha value is -3.21. The van der Waals surface area contributed by atoms with Crippen LogP contribution in [0.5, 0.6) is 11.6 Å². The number of aryl methyl sites for hydroxylation is 1. The number of hydrogen-bond donors (Lipinski definition) is 1. The average molecular weight is 475 g/mol. The molecule has 178 valence electrons. The summed E-state index contributed by atoms with van der Waals surface area (Å²) in [7, 11) is 1.40. The molecule has 11 heteroatoms. The van der Waals surface area contributed by atoms with Crippen LogP contribution in [0.15, 0.2) is 42.6 Å². The van der Waals surface area contributed by atoms with Crippen LogP contribution in [0.4, 0.5) is 17.6 Å². The SMILES string of the molecule is Cc1ccn(-c2ccc(-c3ccc(OC4CC5N(C)C(C4F)C4(F)C(F)C54F)nn3)c(O)c2)n1. The van der Waals surface area contributed by atoms with Gasteiger partial charge in [0.05, 0.1) is 29.2 Å². The maximum Gasteiger partial charge on any atom is 0.233 e. The van der Waals surface area contributed by atoms with Gasteiger partial charge in [0.15, 0.2) is 18.0 Å². The number of phenols is 1. The lowest BCUT2D eigenvalue weighted by Crippen LogP contribution is -2.59. The van der Waals surface area contributed by atoms with Crippen LogP contribution >= 0.6 is 0 Å². The molecule has 6 rings (SSSR count). The third-order valence-corrected chi connectivity index (χ3v) is 7.36. The summed E-state index contributed by atoms with van der Waals surface area (Å²) in [6, 6.07) is 7.11. The van der Waals surface area contributed by atoms with Gasteiger partial charge in [0, 0.05) is 30.3 Å². The maximum atomic E-state index is 15.1. The smallest absolute Gasteiger partial charge is 0.233 e. The lowest BCUT2D eigenvalue weighted by atomic mass is 9.93. The van der Waals surface area contributed by atoms with E-state index in [9.17, 15) is 18.3 Å². The minimum atomic E-state index is -2.85. The van der Waals surface area contributed by atoms with Gasteiger partial charge in [0.2, 0.25) is 11.5 Å². The lowest BCUT2D eigenvalue weighted by molar-refractivity contribution is -0.0582. The molecule has 2 saturated heterocycles. The zero-order chi connectivity index (χ0) is 24.0. The summed E-state index contributed by atoms with van der Waals surface area (Å²) in [5.41, 5.74) is -3.29. The highest BCUT2D eigenvalue weighted by Gasteiger charge is 2.95. The van der Waals surface area contributed by atoms with Gasteiger partial charge in [-0.1, -0.05) is 0 Å². The van der Waals surface area contributed by atoms with Gasteiger partial charge in [-0.25, -0.2) is 22.2 Å². The minimum Gasteiger partial charge on any atom is -0.507 e. The highest BCUT2D eigenvalue weighted by atomic mass is 19.2. The Balaban J connectivity index is 1.19. The zero-order valence-electron chi connectivity index (χ0n) is 18.2. The number of piperidine rings is 2. The van der Waals surface area contributed by atoms with Crippen molar-refractivity contribution in [3.05, 3.63) is 48.3 Å². The Morgan fingerprint density at radius 3 is 2.53 bits per heavy atom. The molecule has 1 saturated carbocycles.